The molecule has 1 saturated carbocycles. The summed E-state index contributed by atoms with van der Waals surface area (Å²) in [5, 5.41) is 3.32. The average molecular weight is 478 g/mol. The predicted octanol–water partition coefficient (Wildman–Crippen LogP) is 4.90. The Hall–Kier alpha value is -3.88. The predicted molar refractivity (Wildman–Crippen MR) is 128 cm³/mol. The van der Waals surface area contributed by atoms with Crippen LogP contribution in [0.3, 0.4) is 0 Å². The van der Waals surface area contributed by atoms with Gasteiger partial charge in [0.1, 0.15) is 11.5 Å². The van der Waals surface area contributed by atoms with Crippen LogP contribution in [0.15, 0.2) is 54.9 Å². The number of nitrogens with one attached hydrogen (secondary N) is 1. The molecule has 2 atom stereocenters. The molecule has 1 aliphatic carbocycles. The maximum absolute atomic E-state index is 14.0. The minimum Gasteiger partial charge on any atom is -0.364 e. The second-order valence-electron chi connectivity index (χ2n) is 9.27. The average Bonchev–Trinajstić information content (AvgIpc) is 2.99. The molecule has 5 rings (SSSR count). The smallest absolute Gasteiger partial charge is 0.267 e. The summed E-state index contributed by atoms with van der Waals surface area (Å²) < 4.78 is 28.0. The van der Waals surface area contributed by atoms with Crippen molar-refractivity contribution in [2.45, 2.75) is 38.7 Å². The highest BCUT2D eigenvalue weighted by molar-refractivity contribution is 6.00. The van der Waals surface area contributed by atoms with Crippen LogP contribution in [0.2, 0.25) is 0 Å². The number of fused-ring (bicyclic) bond motifs is 2. The summed E-state index contributed by atoms with van der Waals surface area (Å²) in [5.41, 5.74) is 9.14. The summed E-state index contributed by atoms with van der Waals surface area (Å²) in [5.74, 6) is -3.81. The molecule has 1 aliphatic heterocycles. The number of hydrogen-bond acceptors (Lipinski definition) is 5. The Morgan fingerprint density at radius 3 is 2.66 bits per heavy atom. The van der Waals surface area contributed by atoms with Crippen LogP contribution in [-0.2, 0) is 11.3 Å². The minimum atomic E-state index is -2.73. The zero-order chi connectivity index (χ0) is 24.7. The quantitative estimate of drug-likeness (QED) is 0.559. The zero-order valence-corrected chi connectivity index (χ0v) is 19.2. The van der Waals surface area contributed by atoms with E-state index in [4.69, 9.17) is 5.73 Å². The summed E-state index contributed by atoms with van der Waals surface area (Å²) in [6.45, 7) is 1.99. The molecular formula is C26H25F2N5O2. The number of carbonyl (C=O) groups is 2. The molecule has 2 aliphatic rings. The highest BCUT2D eigenvalue weighted by atomic mass is 19.3. The van der Waals surface area contributed by atoms with Gasteiger partial charge in [0.15, 0.2) is 0 Å². The summed E-state index contributed by atoms with van der Waals surface area (Å²) in [4.78, 5) is 35.4. The highest BCUT2D eigenvalue weighted by Gasteiger charge is 2.44. The van der Waals surface area contributed by atoms with Crippen molar-refractivity contribution in [1.82, 2.24) is 9.97 Å². The fourth-order valence-electron chi connectivity index (χ4n) is 4.94. The molecule has 0 saturated heterocycles. The van der Waals surface area contributed by atoms with E-state index in [-0.39, 0.29) is 37.4 Å². The first-order chi connectivity index (χ1) is 16.7. The molecular weight excluding hydrogens is 452 g/mol. The van der Waals surface area contributed by atoms with Gasteiger partial charge in [-0.05, 0) is 42.2 Å². The molecule has 0 bridgehead atoms. The normalized spacial score (nSPS) is 20.7. The molecule has 2 aromatic heterocycles. The summed E-state index contributed by atoms with van der Waals surface area (Å²) >= 11 is 0. The van der Waals surface area contributed by atoms with Crippen LogP contribution in [0.1, 0.15) is 42.2 Å². The van der Waals surface area contributed by atoms with Crippen LogP contribution >= 0.6 is 0 Å². The van der Waals surface area contributed by atoms with Crippen LogP contribution in [0, 0.1) is 11.8 Å². The third kappa shape index (κ3) is 4.45. The first kappa shape index (κ1) is 22.9. The first-order valence-corrected chi connectivity index (χ1v) is 11.5. The van der Waals surface area contributed by atoms with Gasteiger partial charge in [-0.2, -0.15) is 0 Å². The van der Waals surface area contributed by atoms with Crippen LogP contribution in [0.25, 0.3) is 11.1 Å². The number of carbonyl (C=O) groups excluding carboxylic acids is 2. The molecule has 3 heterocycles. The van der Waals surface area contributed by atoms with Gasteiger partial charge >= 0.3 is 0 Å². The van der Waals surface area contributed by atoms with Gasteiger partial charge in [-0.25, -0.2) is 13.8 Å². The molecule has 2 amide bonds. The molecule has 1 aromatic carbocycles. The van der Waals surface area contributed by atoms with Gasteiger partial charge in [0.05, 0.1) is 17.9 Å². The van der Waals surface area contributed by atoms with E-state index in [0.29, 0.717) is 17.2 Å². The summed E-state index contributed by atoms with van der Waals surface area (Å²) in [6.07, 6.45) is 2.79. The zero-order valence-electron chi connectivity index (χ0n) is 19.2. The van der Waals surface area contributed by atoms with E-state index in [9.17, 15) is 18.4 Å². The lowest BCUT2D eigenvalue weighted by molar-refractivity contribution is -0.130. The molecule has 0 radical (unpaired) electrons. The van der Waals surface area contributed by atoms with Gasteiger partial charge in [0, 0.05) is 42.3 Å². The number of halogens is 2. The van der Waals surface area contributed by atoms with Crippen molar-refractivity contribution in [2.24, 2.45) is 17.6 Å². The second-order valence-corrected chi connectivity index (χ2v) is 9.27. The summed E-state index contributed by atoms with van der Waals surface area (Å²) in [6, 6.07) is 12.6. The first-order valence-electron chi connectivity index (χ1n) is 11.5. The maximum Gasteiger partial charge on any atom is 0.267 e. The standard InChI is InChI=1S/C26H25F2N5O2/c1-15-12-26(27,28)9-8-19(15)25(35)33-14-18-3-2-10-30-24(18)32-20-6-4-16(11-22(20)33)17-5-7-21(23(29)34)31-13-17/h2-7,10-11,13,15,19H,8-9,12,14H2,1H3,(H2,29,34)(H,30,32)/t15-,19?/m0/s1. The van der Waals surface area contributed by atoms with E-state index in [1.807, 2.05) is 24.3 Å². The fourth-order valence-corrected chi connectivity index (χ4v) is 4.94. The van der Waals surface area contributed by atoms with Crippen LogP contribution in [0.4, 0.5) is 26.0 Å². The number of nitrogens with two attached hydrogens (primary N) is 1. The molecule has 3 N–H and O–H groups in total. The molecule has 7 nitrogen and oxygen atoms in total. The SMILES string of the molecule is C[C@H]1CC(F)(F)CCC1C(=O)N1Cc2cccnc2Nc2ccc(-c3ccc(C(N)=O)nc3)cc21. The third-order valence-corrected chi connectivity index (χ3v) is 6.82. The number of hydrogen-bond donors (Lipinski definition) is 2. The number of benzene rings is 1. The number of rotatable bonds is 3. The number of primary amides is 1. The van der Waals surface area contributed by atoms with Gasteiger partial charge in [-0.1, -0.05) is 25.1 Å². The molecule has 1 fully saturated rings. The van der Waals surface area contributed by atoms with Crippen molar-refractivity contribution in [2.75, 3.05) is 10.2 Å². The van der Waals surface area contributed by atoms with Gasteiger partial charge in [-0.3, -0.25) is 14.6 Å². The Labute approximate surface area is 201 Å². The Balaban J connectivity index is 1.55. The van der Waals surface area contributed by atoms with Gasteiger partial charge in [0.25, 0.3) is 5.91 Å². The molecule has 0 spiro atoms. The minimum absolute atomic E-state index is 0.143. The number of amides is 2. The van der Waals surface area contributed by atoms with Crippen molar-refractivity contribution >= 4 is 29.0 Å². The number of aromatic nitrogens is 2. The van der Waals surface area contributed by atoms with E-state index in [2.05, 4.69) is 15.3 Å². The van der Waals surface area contributed by atoms with Crippen molar-refractivity contribution in [1.29, 1.82) is 0 Å². The largest absolute Gasteiger partial charge is 0.364 e. The number of alkyl halides is 2. The molecule has 180 valence electrons. The Bertz CT molecular complexity index is 1300. The van der Waals surface area contributed by atoms with E-state index < -0.39 is 23.7 Å². The number of nitrogens with zero attached hydrogens (tertiary/aromatic N) is 3. The van der Waals surface area contributed by atoms with E-state index in [0.717, 1.165) is 16.7 Å². The Kier molecular flexibility index (Phi) is 5.70. The molecule has 1 unspecified atom stereocenters. The van der Waals surface area contributed by atoms with Gasteiger partial charge < -0.3 is 16.0 Å². The van der Waals surface area contributed by atoms with Crippen LogP contribution in [-0.4, -0.2) is 27.7 Å². The number of anilines is 3. The number of pyridine rings is 2. The topological polar surface area (TPSA) is 101 Å². The lowest BCUT2D eigenvalue weighted by atomic mass is 9.77. The fraction of sp³-hybridized carbons (Fsp3) is 0.308. The van der Waals surface area contributed by atoms with Crippen LogP contribution in [0.5, 0.6) is 0 Å². The highest BCUT2D eigenvalue weighted by Crippen LogP contribution is 2.43. The van der Waals surface area contributed by atoms with Crippen molar-refractivity contribution in [3.8, 4) is 11.1 Å². The molecule has 35 heavy (non-hydrogen) atoms. The maximum atomic E-state index is 14.0. The second kappa shape index (κ2) is 8.72. The van der Waals surface area contributed by atoms with Gasteiger partial charge in [-0.15, -0.1) is 0 Å². The van der Waals surface area contributed by atoms with Crippen molar-refractivity contribution in [3.63, 3.8) is 0 Å². The van der Waals surface area contributed by atoms with Crippen molar-refractivity contribution < 1.29 is 18.4 Å². The Morgan fingerprint density at radius 2 is 1.94 bits per heavy atom. The van der Waals surface area contributed by atoms with Gasteiger partial charge in [0.2, 0.25) is 11.8 Å². The van der Waals surface area contributed by atoms with E-state index in [1.54, 1.807) is 42.4 Å². The van der Waals surface area contributed by atoms with Crippen molar-refractivity contribution in [3.05, 3.63) is 66.1 Å². The lowest BCUT2D eigenvalue weighted by Gasteiger charge is -2.36. The molecule has 9 heteroatoms. The van der Waals surface area contributed by atoms with E-state index >= 15 is 0 Å². The van der Waals surface area contributed by atoms with Crippen LogP contribution < -0.4 is 16.0 Å². The third-order valence-electron chi connectivity index (χ3n) is 6.82. The van der Waals surface area contributed by atoms with E-state index in [1.165, 1.54) is 0 Å². The lowest BCUT2D eigenvalue weighted by Crippen LogP contribution is -2.42. The Morgan fingerprint density at radius 1 is 1.14 bits per heavy atom. The monoisotopic (exact) mass is 477 g/mol. The summed E-state index contributed by atoms with van der Waals surface area (Å²) in [7, 11) is 0. The molecule has 3 aromatic rings.